The highest BCUT2D eigenvalue weighted by molar-refractivity contribution is 6.40. The Morgan fingerprint density at radius 1 is 1.13 bits per heavy atom. The van der Waals surface area contributed by atoms with Crippen LogP contribution in [-0.4, -0.2) is 43.8 Å². The molecule has 2 unspecified atom stereocenters. The van der Waals surface area contributed by atoms with Crippen LogP contribution in [0.25, 0.3) is 0 Å². The first-order chi connectivity index (χ1) is 14.9. The molecule has 0 radical (unpaired) electrons. The molecule has 2 aromatic carbocycles. The van der Waals surface area contributed by atoms with Gasteiger partial charge in [-0.1, -0.05) is 30.3 Å². The van der Waals surface area contributed by atoms with Crippen LogP contribution >= 0.6 is 0 Å². The van der Waals surface area contributed by atoms with E-state index in [1.165, 1.54) is 12.1 Å². The standard InChI is InChI=1S/C22H24N4O5/c1-30-16-10-8-14(9-11-16)17(13-20(27)31-2)24-22(29)18-12-19(21(23)28)26(25-18)15-6-4-3-5-7-15/h3-11,17,19H,12-13H2,1-2H3,(H2,23,28)(H,24,29). The van der Waals surface area contributed by atoms with Gasteiger partial charge in [0.2, 0.25) is 5.91 Å². The predicted octanol–water partition coefficient (Wildman–Crippen LogP) is 1.54. The summed E-state index contributed by atoms with van der Waals surface area (Å²) in [5.74, 6) is -0.906. The molecule has 31 heavy (non-hydrogen) atoms. The summed E-state index contributed by atoms with van der Waals surface area (Å²) in [6, 6.07) is 14.6. The number of methoxy groups -OCH3 is 2. The van der Waals surface area contributed by atoms with Gasteiger partial charge in [0.15, 0.2) is 0 Å². The van der Waals surface area contributed by atoms with Gasteiger partial charge in [0, 0.05) is 6.42 Å². The summed E-state index contributed by atoms with van der Waals surface area (Å²) in [5.41, 5.74) is 7.03. The van der Waals surface area contributed by atoms with Crippen molar-refractivity contribution < 1.29 is 23.9 Å². The maximum Gasteiger partial charge on any atom is 0.307 e. The second kappa shape index (κ2) is 9.75. The zero-order valence-electron chi connectivity index (χ0n) is 17.3. The summed E-state index contributed by atoms with van der Waals surface area (Å²) >= 11 is 0. The highest BCUT2D eigenvalue weighted by Gasteiger charge is 2.35. The third-order valence-corrected chi connectivity index (χ3v) is 4.94. The van der Waals surface area contributed by atoms with E-state index >= 15 is 0 Å². The molecule has 0 saturated carbocycles. The molecule has 0 bridgehead atoms. The van der Waals surface area contributed by atoms with E-state index in [2.05, 4.69) is 10.4 Å². The van der Waals surface area contributed by atoms with Gasteiger partial charge in [-0.05, 0) is 29.8 Å². The Balaban J connectivity index is 1.83. The number of carbonyl (C=O) groups excluding carboxylic acids is 3. The number of amides is 2. The van der Waals surface area contributed by atoms with Crippen molar-refractivity contribution >= 4 is 29.2 Å². The molecule has 0 saturated heterocycles. The molecule has 2 atom stereocenters. The van der Waals surface area contributed by atoms with Crippen molar-refractivity contribution in [3.8, 4) is 5.75 Å². The quantitative estimate of drug-likeness (QED) is 0.620. The fraction of sp³-hybridized carbons (Fsp3) is 0.273. The van der Waals surface area contributed by atoms with Gasteiger partial charge in [-0.25, -0.2) is 0 Å². The van der Waals surface area contributed by atoms with Crippen molar-refractivity contribution in [1.82, 2.24) is 5.32 Å². The largest absolute Gasteiger partial charge is 0.497 e. The topological polar surface area (TPSA) is 123 Å². The van der Waals surface area contributed by atoms with Crippen molar-refractivity contribution in [3.63, 3.8) is 0 Å². The van der Waals surface area contributed by atoms with Crippen LogP contribution in [0.4, 0.5) is 5.69 Å². The Kier molecular flexibility index (Phi) is 6.86. The first kappa shape index (κ1) is 21.8. The number of carbonyl (C=O) groups is 3. The van der Waals surface area contributed by atoms with Gasteiger partial charge in [-0.3, -0.25) is 19.4 Å². The molecule has 9 heteroatoms. The molecule has 0 spiro atoms. The summed E-state index contributed by atoms with van der Waals surface area (Å²) in [6.45, 7) is 0. The lowest BCUT2D eigenvalue weighted by Crippen LogP contribution is -2.40. The maximum atomic E-state index is 13.0. The number of ether oxygens (including phenoxy) is 2. The molecule has 3 rings (SSSR count). The van der Waals surface area contributed by atoms with Gasteiger partial charge in [0.1, 0.15) is 17.5 Å². The van der Waals surface area contributed by atoms with Crippen molar-refractivity contribution in [2.45, 2.75) is 24.9 Å². The van der Waals surface area contributed by atoms with Gasteiger partial charge < -0.3 is 20.5 Å². The van der Waals surface area contributed by atoms with Crippen LogP contribution in [0.1, 0.15) is 24.4 Å². The van der Waals surface area contributed by atoms with Crippen molar-refractivity contribution in [2.75, 3.05) is 19.2 Å². The summed E-state index contributed by atoms with van der Waals surface area (Å²) in [4.78, 5) is 36.8. The Bertz CT molecular complexity index is 975. The number of hydrogen-bond acceptors (Lipinski definition) is 7. The van der Waals surface area contributed by atoms with Gasteiger partial charge in [0.05, 0.1) is 32.4 Å². The summed E-state index contributed by atoms with van der Waals surface area (Å²) in [6.07, 6.45) is -0.00683. The number of primary amides is 1. The number of esters is 1. The fourth-order valence-corrected chi connectivity index (χ4v) is 3.27. The van der Waals surface area contributed by atoms with E-state index in [-0.39, 0.29) is 18.6 Å². The third-order valence-electron chi connectivity index (χ3n) is 4.94. The van der Waals surface area contributed by atoms with Crippen LogP contribution in [0.3, 0.4) is 0 Å². The first-order valence-electron chi connectivity index (χ1n) is 9.65. The normalized spacial score (nSPS) is 16.3. The third kappa shape index (κ3) is 5.19. The van der Waals surface area contributed by atoms with Crippen LogP contribution in [0.2, 0.25) is 0 Å². The number of benzene rings is 2. The summed E-state index contributed by atoms with van der Waals surface area (Å²) in [5, 5.41) is 8.60. The SMILES string of the molecule is COC(=O)CC(NC(=O)C1=NN(c2ccccc2)C(C(N)=O)C1)c1ccc(OC)cc1. The maximum absolute atomic E-state index is 13.0. The monoisotopic (exact) mass is 424 g/mol. The number of hydrogen-bond donors (Lipinski definition) is 2. The molecule has 0 aromatic heterocycles. The molecule has 0 fully saturated rings. The number of nitrogens with zero attached hydrogens (tertiary/aromatic N) is 2. The summed E-state index contributed by atoms with van der Waals surface area (Å²) < 4.78 is 9.92. The smallest absolute Gasteiger partial charge is 0.307 e. The van der Waals surface area contributed by atoms with Gasteiger partial charge >= 0.3 is 5.97 Å². The Labute approximate surface area is 179 Å². The van der Waals surface area contributed by atoms with Gasteiger partial charge in [-0.2, -0.15) is 5.10 Å². The molecule has 1 aliphatic rings. The molecule has 162 valence electrons. The lowest BCUT2D eigenvalue weighted by atomic mass is 10.0. The Morgan fingerprint density at radius 3 is 2.39 bits per heavy atom. The van der Waals surface area contributed by atoms with Crippen molar-refractivity contribution in [3.05, 3.63) is 60.2 Å². The van der Waals surface area contributed by atoms with E-state index in [1.807, 2.05) is 6.07 Å². The van der Waals surface area contributed by atoms with Crippen LogP contribution in [-0.2, 0) is 19.1 Å². The number of para-hydroxylation sites is 1. The van der Waals surface area contributed by atoms with Crippen molar-refractivity contribution in [1.29, 1.82) is 0 Å². The minimum atomic E-state index is -0.775. The fourth-order valence-electron chi connectivity index (χ4n) is 3.27. The van der Waals surface area contributed by atoms with Crippen molar-refractivity contribution in [2.24, 2.45) is 10.8 Å². The number of hydrazone groups is 1. The van der Waals surface area contributed by atoms with Gasteiger partial charge in [0.25, 0.3) is 5.91 Å². The predicted molar refractivity (Wildman–Crippen MR) is 114 cm³/mol. The zero-order valence-corrected chi connectivity index (χ0v) is 17.3. The second-order valence-electron chi connectivity index (χ2n) is 6.93. The molecular formula is C22H24N4O5. The number of nitrogens with one attached hydrogen (secondary N) is 1. The number of rotatable bonds is 8. The van der Waals surface area contributed by atoms with E-state index in [0.29, 0.717) is 17.0 Å². The second-order valence-corrected chi connectivity index (χ2v) is 6.93. The lowest BCUT2D eigenvalue weighted by molar-refractivity contribution is -0.141. The minimum Gasteiger partial charge on any atom is -0.497 e. The molecule has 1 aliphatic heterocycles. The molecule has 9 nitrogen and oxygen atoms in total. The van der Waals surface area contributed by atoms with Crippen LogP contribution < -0.4 is 20.8 Å². The Hall–Kier alpha value is -3.88. The number of anilines is 1. The molecule has 1 heterocycles. The van der Waals surface area contributed by atoms with Crippen LogP contribution in [0.5, 0.6) is 5.75 Å². The van der Waals surface area contributed by atoms with E-state index in [4.69, 9.17) is 15.2 Å². The highest BCUT2D eigenvalue weighted by atomic mass is 16.5. The van der Waals surface area contributed by atoms with Crippen LogP contribution in [0, 0.1) is 0 Å². The van der Waals surface area contributed by atoms with E-state index < -0.39 is 29.9 Å². The molecule has 0 aliphatic carbocycles. The molecule has 2 aromatic rings. The zero-order chi connectivity index (χ0) is 22.4. The number of nitrogens with two attached hydrogens (primary N) is 1. The van der Waals surface area contributed by atoms with Crippen LogP contribution in [0.15, 0.2) is 59.7 Å². The average Bonchev–Trinajstić information content (AvgIpc) is 3.25. The first-order valence-corrected chi connectivity index (χ1v) is 9.65. The molecule has 3 N–H and O–H groups in total. The summed E-state index contributed by atoms with van der Waals surface area (Å²) in [7, 11) is 2.83. The Morgan fingerprint density at radius 2 is 1.81 bits per heavy atom. The molecular weight excluding hydrogens is 400 g/mol. The minimum absolute atomic E-state index is 0.0591. The van der Waals surface area contributed by atoms with Gasteiger partial charge in [-0.15, -0.1) is 0 Å². The lowest BCUT2D eigenvalue weighted by Gasteiger charge is -2.20. The molecule has 2 amide bonds. The average molecular weight is 424 g/mol. The highest BCUT2D eigenvalue weighted by Crippen LogP contribution is 2.25. The van der Waals surface area contributed by atoms with E-state index in [9.17, 15) is 14.4 Å². The van der Waals surface area contributed by atoms with E-state index in [0.717, 1.165) is 0 Å². The van der Waals surface area contributed by atoms with E-state index in [1.54, 1.807) is 55.6 Å².